The lowest BCUT2D eigenvalue weighted by atomic mass is 9.74. The maximum atomic E-state index is 14.0. The molecular weight excluding hydrogens is 410 g/mol. The van der Waals surface area contributed by atoms with Crippen molar-refractivity contribution in [2.45, 2.75) is 71.0 Å². The third-order valence-electron chi connectivity index (χ3n) is 8.21. The number of carbonyl (C=O) groups is 1. The SMILES string of the molecule is CC(C)[C@]1(C(=O)N2CCc3ncc(-c4ccccc4)cc3C2)CC[C@@H](NC2CCOCC2)C1. The highest BCUT2D eigenvalue weighted by Crippen LogP contribution is 2.46. The Hall–Kier alpha value is -2.24. The van der Waals surface area contributed by atoms with Gasteiger partial charge in [0.25, 0.3) is 0 Å². The molecule has 5 rings (SSSR count). The van der Waals surface area contributed by atoms with Gasteiger partial charge in [-0.2, -0.15) is 0 Å². The first kappa shape index (κ1) is 22.5. The Labute approximate surface area is 197 Å². The Morgan fingerprint density at radius 1 is 1.12 bits per heavy atom. The summed E-state index contributed by atoms with van der Waals surface area (Å²) in [6.45, 7) is 7.63. The van der Waals surface area contributed by atoms with Gasteiger partial charge in [0.1, 0.15) is 0 Å². The Kier molecular flexibility index (Phi) is 6.53. The van der Waals surface area contributed by atoms with Gasteiger partial charge in [-0.3, -0.25) is 9.78 Å². The molecule has 5 nitrogen and oxygen atoms in total. The summed E-state index contributed by atoms with van der Waals surface area (Å²) < 4.78 is 5.52. The number of nitrogens with zero attached hydrogens (tertiary/aromatic N) is 2. The molecule has 2 aromatic rings. The summed E-state index contributed by atoms with van der Waals surface area (Å²) in [5, 5.41) is 3.87. The minimum absolute atomic E-state index is 0.259. The fourth-order valence-electron chi connectivity index (χ4n) is 6.08. The predicted molar refractivity (Wildman–Crippen MR) is 131 cm³/mol. The number of amides is 1. The second kappa shape index (κ2) is 9.55. The molecule has 0 radical (unpaired) electrons. The minimum atomic E-state index is -0.259. The monoisotopic (exact) mass is 447 g/mol. The molecule has 33 heavy (non-hydrogen) atoms. The van der Waals surface area contributed by atoms with Gasteiger partial charge < -0.3 is 15.0 Å². The van der Waals surface area contributed by atoms with Crippen LogP contribution in [0.15, 0.2) is 42.6 Å². The standard InChI is InChI=1S/C28H37N3O2/c1-20(2)28(12-8-25(17-28)30-24-10-14-33-15-11-24)27(32)31-13-9-26-23(19-31)16-22(18-29-26)21-6-4-3-5-7-21/h3-7,16,18,20,24-25,30H,8-15,17,19H2,1-2H3/t25-,28+/m1/s1. The molecule has 1 N–H and O–H groups in total. The zero-order valence-electron chi connectivity index (χ0n) is 20.1. The molecule has 0 unspecified atom stereocenters. The van der Waals surface area contributed by atoms with E-state index in [4.69, 9.17) is 9.72 Å². The number of fused-ring (bicyclic) bond motifs is 1. The van der Waals surface area contributed by atoms with Gasteiger partial charge in [-0.15, -0.1) is 0 Å². The first-order chi connectivity index (χ1) is 16.0. The van der Waals surface area contributed by atoms with Gasteiger partial charge in [0.2, 0.25) is 5.91 Å². The molecule has 1 saturated carbocycles. The summed E-state index contributed by atoms with van der Waals surface area (Å²) in [4.78, 5) is 20.9. The lowest BCUT2D eigenvalue weighted by molar-refractivity contribution is -0.146. The first-order valence-corrected chi connectivity index (χ1v) is 12.7. The molecule has 5 heteroatoms. The number of benzene rings is 1. The third-order valence-corrected chi connectivity index (χ3v) is 8.21. The Morgan fingerprint density at radius 3 is 2.67 bits per heavy atom. The molecule has 2 atom stereocenters. The van der Waals surface area contributed by atoms with Crippen LogP contribution in [0.1, 0.15) is 57.2 Å². The number of pyridine rings is 1. The van der Waals surface area contributed by atoms with Crippen LogP contribution >= 0.6 is 0 Å². The number of carbonyl (C=O) groups excluding carboxylic acids is 1. The lowest BCUT2D eigenvalue weighted by Gasteiger charge is -2.39. The van der Waals surface area contributed by atoms with E-state index in [1.807, 2.05) is 12.3 Å². The van der Waals surface area contributed by atoms with E-state index in [0.29, 0.717) is 30.5 Å². The van der Waals surface area contributed by atoms with E-state index in [-0.39, 0.29) is 5.41 Å². The van der Waals surface area contributed by atoms with Crippen molar-refractivity contribution in [1.29, 1.82) is 0 Å². The average Bonchev–Trinajstić information content (AvgIpc) is 3.29. The van der Waals surface area contributed by atoms with Gasteiger partial charge in [0.05, 0.1) is 5.41 Å². The predicted octanol–water partition coefficient (Wildman–Crippen LogP) is 4.60. The maximum absolute atomic E-state index is 14.0. The van der Waals surface area contributed by atoms with Crippen molar-refractivity contribution in [2.24, 2.45) is 11.3 Å². The molecule has 1 aromatic carbocycles. The topological polar surface area (TPSA) is 54.5 Å². The minimum Gasteiger partial charge on any atom is -0.381 e. The van der Waals surface area contributed by atoms with E-state index >= 15 is 0 Å². The van der Waals surface area contributed by atoms with E-state index in [1.165, 1.54) is 11.1 Å². The van der Waals surface area contributed by atoms with E-state index in [2.05, 4.69) is 54.4 Å². The summed E-state index contributed by atoms with van der Waals surface area (Å²) in [5.41, 5.74) is 4.38. The van der Waals surface area contributed by atoms with Crippen LogP contribution in [-0.2, 0) is 22.5 Å². The molecule has 3 aliphatic rings. The van der Waals surface area contributed by atoms with Crippen molar-refractivity contribution in [1.82, 2.24) is 15.2 Å². The Balaban J connectivity index is 1.31. The molecule has 2 aliphatic heterocycles. The van der Waals surface area contributed by atoms with Crippen molar-refractivity contribution >= 4 is 5.91 Å². The Bertz CT molecular complexity index is 970. The second-order valence-electron chi connectivity index (χ2n) is 10.5. The van der Waals surface area contributed by atoms with Gasteiger partial charge in [-0.05, 0) is 55.2 Å². The van der Waals surface area contributed by atoms with Crippen molar-refractivity contribution in [3.8, 4) is 11.1 Å². The quantitative estimate of drug-likeness (QED) is 0.728. The highest BCUT2D eigenvalue weighted by molar-refractivity contribution is 5.84. The van der Waals surface area contributed by atoms with Gasteiger partial charge in [-0.1, -0.05) is 44.2 Å². The molecule has 1 aromatic heterocycles. The maximum Gasteiger partial charge on any atom is 0.229 e. The number of rotatable bonds is 5. The van der Waals surface area contributed by atoms with Gasteiger partial charge in [0, 0.05) is 62.3 Å². The largest absolute Gasteiger partial charge is 0.381 e. The number of hydrogen-bond donors (Lipinski definition) is 1. The molecule has 2 fully saturated rings. The van der Waals surface area contributed by atoms with Gasteiger partial charge >= 0.3 is 0 Å². The van der Waals surface area contributed by atoms with Crippen LogP contribution < -0.4 is 5.32 Å². The molecule has 1 amide bonds. The fraction of sp³-hybridized carbons (Fsp3) is 0.571. The summed E-state index contributed by atoms with van der Waals surface area (Å²) in [6, 6.07) is 13.6. The normalized spacial score (nSPS) is 25.9. The van der Waals surface area contributed by atoms with Crippen molar-refractivity contribution in [3.63, 3.8) is 0 Å². The lowest BCUT2D eigenvalue weighted by Crippen LogP contribution is -2.49. The third kappa shape index (κ3) is 4.58. The summed E-state index contributed by atoms with van der Waals surface area (Å²) >= 11 is 0. The van der Waals surface area contributed by atoms with Gasteiger partial charge in [-0.25, -0.2) is 0 Å². The number of ether oxygens (including phenoxy) is 1. The zero-order valence-corrected chi connectivity index (χ0v) is 20.1. The van der Waals surface area contributed by atoms with Crippen LogP contribution in [0.3, 0.4) is 0 Å². The van der Waals surface area contributed by atoms with E-state index in [9.17, 15) is 4.79 Å². The van der Waals surface area contributed by atoms with Crippen LogP contribution in [0.2, 0.25) is 0 Å². The summed E-state index contributed by atoms with van der Waals surface area (Å²) in [7, 11) is 0. The Morgan fingerprint density at radius 2 is 1.91 bits per heavy atom. The molecule has 176 valence electrons. The van der Waals surface area contributed by atoms with E-state index in [1.54, 1.807) is 0 Å². The smallest absolute Gasteiger partial charge is 0.229 e. The number of nitrogens with one attached hydrogen (secondary N) is 1. The average molecular weight is 448 g/mol. The molecule has 3 heterocycles. The molecule has 1 aliphatic carbocycles. The van der Waals surface area contributed by atoms with E-state index in [0.717, 1.165) is 69.5 Å². The van der Waals surface area contributed by atoms with Crippen LogP contribution in [0.25, 0.3) is 11.1 Å². The van der Waals surface area contributed by atoms with Gasteiger partial charge in [0.15, 0.2) is 0 Å². The fourth-order valence-corrected chi connectivity index (χ4v) is 6.08. The van der Waals surface area contributed by atoms with Crippen LogP contribution in [0, 0.1) is 11.3 Å². The zero-order chi connectivity index (χ0) is 22.8. The molecule has 0 spiro atoms. The van der Waals surface area contributed by atoms with Crippen molar-refractivity contribution < 1.29 is 9.53 Å². The highest BCUT2D eigenvalue weighted by atomic mass is 16.5. The van der Waals surface area contributed by atoms with E-state index < -0.39 is 0 Å². The van der Waals surface area contributed by atoms with Crippen molar-refractivity contribution in [3.05, 3.63) is 53.9 Å². The summed E-state index contributed by atoms with van der Waals surface area (Å²) in [5.74, 6) is 0.686. The van der Waals surface area contributed by atoms with Crippen LogP contribution in [-0.4, -0.2) is 47.6 Å². The van der Waals surface area contributed by atoms with Crippen LogP contribution in [0.5, 0.6) is 0 Å². The second-order valence-corrected chi connectivity index (χ2v) is 10.5. The summed E-state index contributed by atoms with van der Waals surface area (Å²) in [6.07, 6.45) is 8.00. The van der Waals surface area contributed by atoms with Crippen LogP contribution in [0.4, 0.5) is 0 Å². The van der Waals surface area contributed by atoms with Crippen molar-refractivity contribution in [2.75, 3.05) is 19.8 Å². The number of aromatic nitrogens is 1. The number of hydrogen-bond acceptors (Lipinski definition) is 4. The molecule has 1 saturated heterocycles. The molecular formula is C28H37N3O2. The highest BCUT2D eigenvalue weighted by Gasteiger charge is 2.49. The molecule has 0 bridgehead atoms. The first-order valence-electron chi connectivity index (χ1n) is 12.7.